The number of aryl methyl sites for hydroxylation is 1. The summed E-state index contributed by atoms with van der Waals surface area (Å²) in [6, 6.07) is 11.2. The van der Waals surface area contributed by atoms with Crippen LogP contribution < -0.4 is 16.0 Å². The highest BCUT2D eigenvalue weighted by Crippen LogP contribution is 2.27. The molecule has 0 saturated heterocycles. The molecule has 2 atom stereocenters. The minimum Gasteiger partial charge on any atom is -0.326 e. The number of amides is 3. The van der Waals surface area contributed by atoms with Crippen molar-refractivity contribution in [1.82, 2.24) is 15.5 Å². The van der Waals surface area contributed by atoms with Gasteiger partial charge in [-0.2, -0.15) is 0 Å². The molecule has 0 aliphatic heterocycles. The van der Waals surface area contributed by atoms with Crippen LogP contribution in [0.3, 0.4) is 0 Å². The number of carbonyl (C=O) groups is 2. The summed E-state index contributed by atoms with van der Waals surface area (Å²) in [7, 11) is 0. The van der Waals surface area contributed by atoms with Crippen LogP contribution in [0.5, 0.6) is 0 Å². The van der Waals surface area contributed by atoms with E-state index in [1.807, 2.05) is 39.0 Å². The predicted octanol–water partition coefficient (Wildman–Crippen LogP) is 6.00. The number of benzene rings is 2. The second kappa shape index (κ2) is 10.8. The number of nitrogens with one attached hydrogen (secondary N) is 3. The van der Waals surface area contributed by atoms with Gasteiger partial charge in [-0.25, -0.2) is 4.79 Å². The van der Waals surface area contributed by atoms with Crippen molar-refractivity contribution in [3.8, 4) is 10.6 Å². The Balaban J connectivity index is 1.67. The third-order valence-corrected chi connectivity index (χ3v) is 6.50. The van der Waals surface area contributed by atoms with Gasteiger partial charge in [-0.05, 0) is 42.7 Å². The van der Waals surface area contributed by atoms with Crippen molar-refractivity contribution in [2.45, 2.75) is 33.2 Å². The first-order valence-electron chi connectivity index (χ1n) is 10.0. The molecule has 0 unspecified atom stereocenters. The van der Waals surface area contributed by atoms with E-state index in [-0.39, 0.29) is 11.8 Å². The van der Waals surface area contributed by atoms with Gasteiger partial charge in [0.1, 0.15) is 11.0 Å². The molecular weight excluding hydrogens is 469 g/mol. The molecule has 1 aromatic heterocycles. The number of rotatable bonds is 7. The van der Waals surface area contributed by atoms with Gasteiger partial charge in [0.05, 0.1) is 0 Å². The summed E-state index contributed by atoms with van der Waals surface area (Å²) in [6.07, 6.45) is 0.695. The van der Waals surface area contributed by atoms with Crippen molar-refractivity contribution in [2.75, 3.05) is 10.6 Å². The average molecular weight is 492 g/mol. The second-order valence-electron chi connectivity index (χ2n) is 7.33. The van der Waals surface area contributed by atoms with Crippen LogP contribution in [0.4, 0.5) is 15.6 Å². The molecular formula is C22H23Cl2N5O2S. The average Bonchev–Trinajstić information content (AvgIpc) is 3.23. The van der Waals surface area contributed by atoms with Crippen LogP contribution in [0, 0.1) is 12.8 Å². The van der Waals surface area contributed by atoms with E-state index in [1.54, 1.807) is 24.3 Å². The molecule has 1 heterocycles. The van der Waals surface area contributed by atoms with E-state index in [1.165, 1.54) is 11.3 Å². The minimum atomic E-state index is -0.760. The smallest absolute Gasteiger partial charge is 0.319 e. The zero-order valence-corrected chi connectivity index (χ0v) is 20.1. The fraction of sp³-hybridized carbons (Fsp3) is 0.273. The van der Waals surface area contributed by atoms with Gasteiger partial charge in [-0.3, -0.25) is 10.1 Å². The van der Waals surface area contributed by atoms with Crippen LogP contribution in [-0.2, 0) is 4.79 Å². The number of nitrogens with zero attached hydrogens (tertiary/aromatic N) is 2. The van der Waals surface area contributed by atoms with E-state index < -0.39 is 12.1 Å². The maximum absolute atomic E-state index is 12.9. The summed E-state index contributed by atoms with van der Waals surface area (Å²) >= 11 is 13.3. The Bertz CT molecular complexity index is 1100. The molecule has 7 nitrogen and oxygen atoms in total. The fourth-order valence-electron chi connectivity index (χ4n) is 2.85. The highest BCUT2D eigenvalue weighted by molar-refractivity contribution is 7.18. The maximum Gasteiger partial charge on any atom is 0.319 e. The lowest BCUT2D eigenvalue weighted by molar-refractivity contribution is -0.119. The second-order valence-corrected chi connectivity index (χ2v) is 9.16. The van der Waals surface area contributed by atoms with Gasteiger partial charge in [0, 0.05) is 21.3 Å². The number of urea groups is 1. The van der Waals surface area contributed by atoms with E-state index in [0.717, 1.165) is 11.1 Å². The quantitative estimate of drug-likeness (QED) is 0.377. The van der Waals surface area contributed by atoms with E-state index in [2.05, 4.69) is 26.1 Å². The Labute approximate surface area is 200 Å². The molecule has 32 heavy (non-hydrogen) atoms. The number of hydrogen-bond acceptors (Lipinski definition) is 5. The van der Waals surface area contributed by atoms with Crippen LogP contribution >= 0.6 is 34.5 Å². The SMILES string of the molecule is CC[C@H](C)[C@H](NC(=O)Nc1ccc(C)c(Cl)c1)C(=O)Nc1nnc(-c2ccc(Cl)cc2)s1. The maximum atomic E-state index is 12.9. The number of hydrogen-bond donors (Lipinski definition) is 3. The Morgan fingerprint density at radius 1 is 1.06 bits per heavy atom. The summed E-state index contributed by atoms with van der Waals surface area (Å²) in [5.74, 6) is -0.471. The van der Waals surface area contributed by atoms with E-state index in [9.17, 15) is 9.59 Å². The molecule has 0 aliphatic carbocycles. The first-order valence-corrected chi connectivity index (χ1v) is 11.6. The van der Waals surface area contributed by atoms with Crippen molar-refractivity contribution >= 4 is 57.3 Å². The van der Waals surface area contributed by atoms with E-state index >= 15 is 0 Å². The summed E-state index contributed by atoms with van der Waals surface area (Å²) in [4.78, 5) is 25.5. The number of aromatic nitrogens is 2. The highest BCUT2D eigenvalue weighted by atomic mass is 35.5. The Morgan fingerprint density at radius 3 is 2.44 bits per heavy atom. The van der Waals surface area contributed by atoms with Crippen LogP contribution in [0.15, 0.2) is 42.5 Å². The Morgan fingerprint density at radius 2 is 1.78 bits per heavy atom. The first kappa shape index (κ1) is 24.0. The lowest BCUT2D eigenvalue weighted by Crippen LogP contribution is -2.49. The van der Waals surface area contributed by atoms with Crippen LogP contribution in [0.1, 0.15) is 25.8 Å². The van der Waals surface area contributed by atoms with Crippen molar-refractivity contribution in [3.05, 3.63) is 58.1 Å². The third-order valence-electron chi connectivity index (χ3n) is 4.96. The highest BCUT2D eigenvalue weighted by Gasteiger charge is 2.27. The monoisotopic (exact) mass is 491 g/mol. The molecule has 0 aliphatic rings. The lowest BCUT2D eigenvalue weighted by atomic mass is 9.98. The van der Waals surface area contributed by atoms with E-state index in [4.69, 9.17) is 23.2 Å². The standard InChI is InChI=1S/C22H23Cl2N5O2S/c1-4-12(2)18(26-21(31)25-16-10-5-13(3)17(24)11-16)19(30)27-22-29-28-20(32-22)14-6-8-15(23)9-7-14/h5-12,18H,4H2,1-3H3,(H2,25,26,31)(H,27,29,30)/t12-,18-/m0/s1. The summed E-state index contributed by atoms with van der Waals surface area (Å²) < 4.78 is 0. The number of carbonyl (C=O) groups excluding carboxylic acids is 2. The van der Waals surface area contributed by atoms with Crippen LogP contribution in [0.25, 0.3) is 10.6 Å². The molecule has 0 bridgehead atoms. The fourth-order valence-corrected chi connectivity index (χ4v) is 3.91. The predicted molar refractivity (Wildman–Crippen MR) is 131 cm³/mol. The number of anilines is 2. The van der Waals surface area contributed by atoms with Gasteiger partial charge in [-0.1, -0.05) is 73.0 Å². The molecule has 168 valence electrons. The molecule has 3 rings (SSSR count). The number of halogens is 2. The zero-order chi connectivity index (χ0) is 23.3. The van der Waals surface area contributed by atoms with Gasteiger partial charge in [0.25, 0.3) is 0 Å². The minimum absolute atomic E-state index is 0.106. The molecule has 3 aromatic rings. The van der Waals surface area contributed by atoms with Crippen LogP contribution in [-0.4, -0.2) is 28.2 Å². The van der Waals surface area contributed by atoms with Gasteiger partial charge in [0.15, 0.2) is 0 Å². The molecule has 10 heteroatoms. The Kier molecular flexibility index (Phi) is 8.06. The van der Waals surface area contributed by atoms with Gasteiger partial charge < -0.3 is 10.6 Å². The molecule has 0 saturated carbocycles. The van der Waals surface area contributed by atoms with Crippen molar-refractivity contribution < 1.29 is 9.59 Å². The molecule has 3 amide bonds. The summed E-state index contributed by atoms with van der Waals surface area (Å²) in [6.45, 7) is 5.72. The zero-order valence-electron chi connectivity index (χ0n) is 17.8. The molecule has 0 radical (unpaired) electrons. The first-order chi connectivity index (χ1) is 15.3. The lowest BCUT2D eigenvalue weighted by Gasteiger charge is -2.23. The molecule has 3 N–H and O–H groups in total. The van der Waals surface area contributed by atoms with Gasteiger partial charge >= 0.3 is 6.03 Å². The largest absolute Gasteiger partial charge is 0.326 e. The Hall–Kier alpha value is -2.68. The van der Waals surface area contributed by atoms with Gasteiger partial charge in [-0.15, -0.1) is 10.2 Å². The molecule has 0 fully saturated rings. The third kappa shape index (κ3) is 6.18. The summed E-state index contributed by atoms with van der Waals surface area (Å²) in [5.41, 5.74) is 2.29. The molecule has 2 aromatic carbocycles. The van der Waals surface area contributed by atoms with E-state index in [0.29, 0.717) is 32.3 Å². The normalized spacial score (nSPS) is 12.7. The van der Waals surface area contributed by atoms with Crippen molar-refractivity contribution in [2.24, 2.45) is 5.92 Å². The van der Waals surface area contributed by atoms with Crippen molar-refractivity contribution in [3.63, 3.8) is 0 Å². The van der Waals surface area contributed by atoms with Gasteiger partial charge in [0.2, 0.25) is 11.0 Å². The van der Waals surface area contributed by atoms with Crippen molar-refractivity contribution in [1.29, 1.82) is 0 Å². The molecule has 0 spiro atoms. The van der Waals surface area contributed by atoms with Crippen LogP contribution in [0.2, 0.25) is 10.0 Å². The summed E-state index contributed by atoms with van der Waals surface area (Å²) in [5, 5.41) is 18.6. The topological polar surface area (TPSA) is 96.0 Å².